The highest BCUT2D eigenvalue weighted by molar-refractivity contribution is 7.91. The molecule has 0 saturated carbocycles. The fourth-order valence-corrected chi connectivity index (χ4v) is 3.14. The second kappa shape index (κ2) is 6.53. The summed E-state index contributed by atoms with van der Waals surface area (Å²) in [5, 5.41) is 3.42. The molecule has 2 aromatic rings. The molecule has 1 atom stereocenters. The first-order valence-corrected chi connectivity index (χ1v) is 9.41. The molecule has 1 amide bonds. The first-order chi connectivity index (χ1) is 10.3. The van der Waals surface area contributed by atoms with E-state index in [0.29, 0.717) is 10.7 Å². The van der Waals surface area contributed by atoms with Crippen molar-refractivity contribution in [2.24, 2.45) is 0 Å². The monoisotopic (exact) mass is 339 g/mol. The molecule has 1 N–H and O–H groups in total. The van der Waals surface area contributed by atoms with Gasteiger partial charge in [-0.05, 0) is 26.0 Å². The molecule has 1 unspecified atom stereocenters. The number of thiazole rings is 1. The molecule has 0 fully saturated rings. The zero-order chi connectivity index (χ0) is 16.3. The number of sulfone groups is 1. The highest BCUT2D eigenvalue weighted by Gasteiger charge is 2.20. The first kappa shape index (κ1) is 16.6. The van der Waals surface area contributed by atoms with E-state index in [1.165, 1.54) is 18.3 Å². The van der Waals surface area contributed by atoms with E-state index in [1.54, 1.807) is 19.3 Å². The van der Waals surface area contributed by atoms with Crippen LogP contribution < -0.4 is 5.32 Å². The fourth-order valence-electron chi connectivity index (χ4n) is 1.72. The van der Waals surface area contributed by atoms with Gasteiger partial charge >= 0.3 is 0 Å². The van der Waals surface area contributed by atoms with Gasteiger partial charge in [0.1, 0.15) is 10.0 Å². The largest absolute Gasteiger partial charge is 0.316 e. The maximum absolute atomic E-state index is 12.0. The topological polar surface area (TPSA) is 89.0 Å². The molecule has 118 valence electrons. The lowest BCUT2D eigenvalue weighted by Gasteiger charge is -2.08. The Morgan fingerprint density at radius 1 is 1.45 bits per heavy atom. The van der Waals surface area contributed by atoms with E-state index in [2.05, 4.69) is 15.3 Å². The Labute approximate surface area is 133 Å². The number of anilines is 1. The quantitative estimate of drug-likeness (QED) is 0.902. The molecular formula is C14H17N3O3S2. The predicted molar refractivity (Wildman–Crippen MR) is 87.6 cm³/mol. The van der Waals surface area contributed by atoms with E-state index in [9.17, 15) is 13.2 Å². The maximum Gasteiger partial charge on any atom is 0.226 e. The molecule has 0 radical (unpaired) electrons. The van der Waals surface area contributed by atoms with Crippen molar-refractivity contribution in [1.82, 2.24) is 9.97 Å². The van der Waals surface area contributed by atoms with Crippen molar-refractivity contribution in [3.8, 4) is 10.6 Å². The van der Waals surface area contributed by atoms with E-state index in [-0.39, 0.29) is 12.3 Å². The lowest BCUT2D eigenvalue weighted by molar-refractivity contribution is -0.116. The normalized spacial score (nSPS) is 12.9. The van der Waals surface area contributed by atoms with Crippen LogP contribution in [-0.4, -0.2) is 35.8 Å². The summed E-state index contributed by atoms with van der Waals surface area (Å²) < 4.78 is 22.8. The Morgan fingerprint density at radius 3 is 2.77 bits per heavy atom. The summed E-state index contributed by atoms with van der Waals surface area (Å²) in [5.41, 5.74) is 1.57. The number of carbonyl (C=O) groups excluding carboxylic acids is 1. The molecular weight excluding hydrogens is 322 g/mol. The van der Waals surface area contributed by atoms with Crippen LogP contribution in [0.5, 0.6) is 0 Å². The van der Waals surface area contributed by atoms with Gasteiger partial charge in [0.05, 0.1) is 10.9 Å². The van der Waals surface area contributed by atoms with Gasteiger partial charge in [0.2, 0.25) is 5.91 Å². The summed E-state index contributed by atoms with van der Waals surface area (Å²) in [7, 11) is -3.22. The molecule has 0 aliphatic heterocycles. The van der Waals surface area contributed by atoms with E-state index in [4.69, 9.17) is 0 Å². The SMILES string of the molecule is Cc1nc(-c2cccnc2)sc1NC(=O)CC(C)S(C)(=O)=O. The summed E-state index contributed by atoms with van der Waals surface area (Å²) >= 11 is 1.34. The molecule has 8 heteroatoms. The van der Waals surface area contributed by atoms with Gasteiger partial charge in [-0.1, -0.05) is 11.3 Å². The van der Waals surface area contributed by atoms with Crippen LogP contribution in [0.15, 0.2) is 24.5 Å². The average molecular weight is 339 g/mol. The standard InChI is InChI=1S/C14H17N3O3S2/c1-9(22(3,19)20)7-12(18)17-13-10(2)16-14(21-13)11-5-4-6-15-8-11/h4-6,8-9H,7H2,1-3H3,(H,17,18). The third kappa shape index (κ3) is 4.11. The minimum atomic E-state index is -3.22. The predicted octanol–water partition coefficient (Wildman–Crippen LogP) is 2.28. The highest BCUT2D eigenvalue weighted by atomic mass is 32.2. The van der Waals surface area contributed by atoms with Gasteiger partial charge in [0.25, 0.3) is 0 Å². The number of amides is 1. The zero-order valence-corrected chi connectivity index (χ0v) is 14.2. The number of aryl methyl sites for hydroxylation is 1. The van der Waals surface area contributed by atoms with Crippen molar-refractivity contribution in [2.75, 3.05) is 11.6 Å². The summed E-state index contributed by atoms with van der Waals surface area (Å²) in [5.74, 6) is -0.331. The Balaban J connectivity index is 2.11. The second-order valence-electron chi connectivity index (χ2n) is 5.07. The number of carbonyl (C=O) groups is 1. The zero-order valence-electron chi connectivity index (χ0n) is 12.5. The molecule has 2 heterocycles. The van der Waals surface area contributed by atoms with Crippen LogP contribution in [0.1, 0.15) is 19.0 Å². The lowest BCUT2D eigenvalue weighted by Crippen LogP contribution is -2.23. The fraction of sp³-hybridized carbons (Fsp3) is 0.357. The molecule has 6 nitrogen and oxygen atoms in total. The van der Waals surface area contributed by atoms with E-state index < -0.39 is 15.1 Å². The summed E-state index contributed by atoms with van der Waals surface area (Å²) in [6.07, 6.45) is 4.44. The van der Waals surface area contributed by atoms with Crippen molar-refractivity contribution in [1.29, 1.82) is 0 Å². The van der Waals surface area contributed by atoms with Crippen LogP contribution in [-0.2, 0) is 14.6 Å². The van der Waals surface area contributed by atoms with Gasteiger partial charge in [-0.25, -0.2) is 13.4 Å². The molecule has 0 saturated heterocycles. The number of nitrogens with one attached hydrogen (secondary N) is 1. The van der Waals surface area contributed by atoms with E-state index >= 15 is 0 Å². The maximum atomic E-state index is 12.0. The number of hydrogen-bond acceptors (Lipinski definition) is 6. The average Bonchev–Trinajstić information content (AvgIpc) is 2.80. The number of rotatable bonds is 5. The summed E-state index contributed by atoms with van der Waals surface area (Å²) in [6.45, 7) is 3.32. The van der Waals surface area contributed by atoms with Crippen LogP contribution >= 0.6 is 11.3 Å². The van der Waals surface area contributed by atoms with Gasteiger partial charge in [-0.3, -0.25) is 9.78 Å². The van der Waals surface area contributed by atoms with Gasteiger partial charge in [0.15, 0.2) is 9.84 Å². The Bertz CT molecular complexity index is 770. The lowest BCUT2D eigenvalue weighted by atomic mass is 10.3. The molecule has 0 spiro atoms. The summed E-state index contributed by atoms with van der Waals surface area (Å²) in [6, 6.07) is 3.71. The van der Waals surface area contributed by atoms with Crippen molar-refractivity contribution in [3.05, 3.63) is 30.2 Å². The number of aromatic nitrogens is 2. The molecule has 2 aromatic heterocycles. The number of pyridine rings is 1. The summed E-state index contributed by atoms with van der Waals surface area (Å²) in [4.78, 5) is 20.4. The third-order valence-electron chi connectivity index (χ3n) is 3.16. The van der Waals surface area contributed by atoms with E-state index in [0.717, 1.165) is 16.8 Å². The minimum Gasteiger partial charge on any atom is -0.316 e. The van der Waals surface area contributed by atoms with Crippen LogP contribution in [0.3, 0.4) is 0 Å². The Kier molecular flexibility index (Phi) is 4.92. The van der Waals surface area contributed by atoms with Crippen molar-refractivity contribution >= 4 is 32.1 Å². The van der Waals surface area contributed by atoms with E-state index in [1.807, 2.05) is 12.1 Å². The number of nitrogens with zero attached hydrogens (tertiary/aromatic N) is 2. The van der Waals surface area contributed by atoms with Crippen LogP contribution in [0.25, 0.3) is 10.6 Å². The first-order valence-electron chi connectivity index (χ1n) is 6.64. The minimum absolute atomic E-state index is 0.0710. The van der Waals surface area contributed by atoms with Crippen LogP contribution in [0.2, 0.25) is 0 Å². The van der Waals surface area contributed by atoms with Gasteiger partial charge in [-0.2, -0.15) is 0 Å². The molecule has 22 heavy (non-hydrogen) atoms. The highest BCUT2D eigenvalue weighted by Crippen LogP contribution is 2.31. The van der Waals surface area contributed by atoms with Gasteiger partial charge in [0, 0.05) is 30.6 Å². The van der Waals surface area contributed by atoms with Crippen LogP contribution in [0.4, 0.5) is 5.00 Å². The third-order valence-corrected chi connectivity index (χ3v) is 5.91. The molecule has 0 aromatic carbocycles. The van der Waals surface area contributed by atoms with Crippen LogP contribution in [0, 0.1) is 6.92 Å². The smallest absolute Gasteiger partial charge is 0.226 e. The number of hydrogen-bond donors (Lipinski definition) is 1. The molecule has 2 rings (SSSR count). The molecule has 0 aliphatic rings. The Hall–Kier alpha value is -1.80. The van der Waals surface area contributed by atoms with Crippen molar-refractivity contribution in [2.45, 2.75) is 25.5 Å². The molecule has 0 bridgehead atoms. The second-order valence-corrected chi connectivity index (χ2v) is 8.53. The Morgan fingerprint density at radius 2 is 2.18 bits per heavy atom. The molecule has 0 aliphatic carbocycles. The van der Waals surface area contributed by atoms with Crippen molar-refractivity contribution in [3.63, 3.8) is 0 Å². The van der Waals surface area contributed by atoms with Gasteiger partial charge < -0.3 is 5.32 Å². The van der Waals surface area contributed by atoms with Crippen molar-refractivity contribution < 1.29 is 13.2 Å². The van der Waals surface area contributed by atoms with Gasteiger partial charge in [-0.15, -0.1) is 0 Å².